The lowest BCUT2D eigenvalue weighted by atomic mass is 9.86. The molecule has 4 heteroatoms. The van der Waals surface area contributed by atoms with E-state index in [1.807, 2.05) is 18.2 Å². The number of carboxylic acid groups (broad SMARTS) is 1. The Morgan fingerprint density at radius 3 is 2.67 bits per heavy atom. The monoisotopic (exact) mass is 284 g/mol. The Morgan fingerprint density at radius 1 is 1.24 bits per heavy atom. The number of aromatic nitrogens is 1. The summed E-state index contributed by atoms with van der Waals surface area (Å²) in [6, 6.07) is 10.5. The Kier molecular flexibility index (Phi) is 3.78. The van der Waals surface area contributed by atoms with E-state index in [9.17, 15) is 4.79 Å². The van der Waals surface area contributed by atoms with Crippen LogP contribution in [-0.4, -0.2) is 22.1 Å². The summed E-state index contributed by atoms with van der Waals surface area (Å²) >= 11 is 0. The molecule has 2 aromatic rings. The number of hydrogen-bond acceptors (Lipinski definition) is 3. The van der Waals surface area contributed by atoms with Crippen LogP contribution in [0.5, 0.6) is 0 Å². The van der Waals surface area contributed by atoms with Crippen molar-refractivity contribution in [1.29, 1.82) is 0 Å². The van der Waals surface area contributed by atoms with Crippen molar-refractivity contribution >= 4 is 22.7 Å². The topological polar surface area (TPSA) is 62.2 Å². The Bertz CT molecular complexity index is 661. The van der Waals surface area contributed by atoms with Crippen molar-refractivity contribution in [2.24, 2.45) is 5.92 Å². The summed E-state index contributed by atoms with van der Waals surface area (Å²) in [4.78, 5) is 15.6. The van der Waals surface area contributed by atoms with E-state index in [4.69, 9.17) is 5.11 Å². The van der Waals surface area contributed by atoms with Gasteiger partial charge in [0.25, 0.3) is 0 Å². The number of carboxylic acids is 1. The molecule has 1 heterocycles. The number of para-hydroxylation sites is 1. The second kappa shape index (κ2) is 5.72. The van der Waals surface area contributed by atoms with Crippen LogP contribution in [0, 0.1) is 12.8 Å². The van der Waals surface area contributed by atoms with E-state index < -0.39 is 5.97 Å². The minimum Gasteiger partial charge on any atom is -0.481 e. The first-order valence-electron chi connectivity index (χ1n) is 7.49. The molecule has 0 aliphatic heterocycles. The minimum atomic E-state index is -0.659. The van der Waals surface area contributed by atoms with E-state index in [-0.39, 0.29) is 5.92 Å². The van der Waals surface area contributed by atoms with Gasteiger partial charge in [-0.1, -0.05) is 18.2 Å². The lowest BCUT2D eigenvalue weighted by molar-refractivity contribution is -0.142. The van der Waals surface area contributed by atoms with Crippen LogP contribution in [0.2, 0.25) is 0 Å². The summed E-state index contributed by atoms with van der Waals surface area (Å²) in [5, 5.41) is 13.7. The molecule has 2 N–H and O–H groups in total. The Morgan fingerprint density at radius 2 is 1.95 bits per heavy atom. The average Bonchev–Trinajstić information content (AvgIpc) is 2.48. The molecule has 0 bridgehead atoms. The lowest BCUT2D eigenvalue weighted by Crippen LogP contribution is -2.29. The molecule has 1 aromatic carbocycles. The largest absolute Gasteiger partial charge is 0.481 e. The first-order valence-corrected chi connectivity index (χ1v) is 7.49. The quantitative estimate of drug-likeness (QED) is 0.904. The van der Waals surface area contributed by atoms with Gasteiger partial charge in [0, 0.05) is 11.4 Å². The zero-order chi connectivity index (χ0) is 14.8. The highest BCUT2D eigenvalue weighted by atomic mass is 16.4. The molecule has 0 atom stereocenters. The van der Waals surface area contributed by atoms with Crippen LogP contribution in [0.15, 0.2) is 30.3 Å². The Balaban J connectivity index is 1.73. The van der Waals surface area contributed by atoms with Crippen molar-refractivity contribution in [3.63, 3.8) is 0 Å². The number of nitrogens with one attached hydrogen (secondary N) is 1. The summed E-state index contributed by atoms with van der Waals surface area (Å²) < 4.78 is 0. The molecule has 110 valence electrons. The number of fused-ring (bicyclic) bond motifs is 1. The van der Waals surface area contributed by atoms with Gasteiger partial charge in [0.2, 0.25) is 0 Å². The first kappa shape index (κ1) is 13.9. The standard InChI is InChI=1S/C17H20N2O2/c1-11-10-16(19-15-5-3-2-4-14(11)15)18-13-8-6-12(7-9-13)17(20)21/h2-5,10,12-13H,6-9H2,1H3,(H,18,19)(H,20,21). The number of pyridine rings is 1. The number of anilines is 1. The van der Waals surface area contributed by atoms with Crippen LogP contribution < -0.4 is 5.32 Å². The molecule has 21 heavy (non-hydrogen) atoms. The third-order valence-electron chi connectivity index (χ3n) is 4.35. The summed E-state index contributed by atoms with van der Waals surface area (Å²) in [6.45, 7) is 2.09. The molecule has 0 saturated heterocycles. The van der Waals surface area contributed by atoms with E-state index in [1.54, 1.807) is 0 Å². The van der Waals surface area contributed by atoms with Crippen molar-refractivity contribution in [3.8, 4) is 0 Å². The molecular formula is C17H20N2O2. The number of carbonyl (C=O) groups is 1. The van der Waals surface area contributed by atoms with Gasteiger partial charge in [0.1, 0.15) is 5.82 Å². The maximum absolute atomic E-state index is 11.0. The second-order valence-electron chi connectivity index (χ2n) is 5.87. The van der Waals surface area contributed by atoms with E-state index in [0.717, 1.165) is 37.0 Å². The predicted octanol–water partition coefficient (Wildman–Crippen LogP) is 3.60. The number of hydrogen-bond donors (Lipinski definition) is 2. The molecule has 4 nitrogen and oxygen atoms in total. The molecule has 0 spiro atoms. The van der Waals surface area contributed by atoms with Crippen molar-refractivity contribution in [2.45, 2.75) is 38.6 Å². The number of aliphatic carboxylic acids is 1. The Labute approximate surface area is 124 Å². The summed E-state index contributed by atoms with van der Waals surface area (Å²) in [6.07, 6.45) is 3.29. The first-order chi connectivity index (χ1) is 10.1. The van der Waals surface area contributed by atoms with Gasteiger partial charge in [-0.2, -0.15) is 0 Å². The van der Waals surface area contributed by atoms with Gasteiger partial charge in [-0.05, 0) is 50.3 Å². The van der Waals surface area contributed by atoms with Crippen LogP contribution in [0.1, 0.15) is 31.2 Å². The normalized spacial score (nSPS) is 22.1. The van der Waals surface area contributed by atoms with Gasteiger partial charge < -0.3 is 10.4 Å². The van der Waals surface area contributed by atoms with Gasteiger partial charge in [-0.15, -0.1) is 0 Å². The summed E-state index contributed by atoms with van der Waals surface area (Å²) in [5.74, 6) is 0.0625. The highest BCUT2D eigenvalue weighted by molar-refractivity contribution is 5.83. The third kappa shape index (κ3) is 2.99. The minimum absolute atomic E-state index is 0.172. The zero-order valence-electron chi connectivity index (χ0n) is 12.2. The van der Waals surface area contributed by atoms with Crippen molar-refractivity contribution in [1.82, 2.24) is 4.98 Å². The molecule has 1 saturated carbocycles. The fourth-order valence-corrected chi connectivity index (χ4v) is 3.12. The fraction of sp³-hybridized carbons (Fsp3) is 0.412. The third-order valence-corrected chi connectivity index (χ3v) is 4.35. The average molecular weight is 284 g/mol. The maximum Gasteiger partial charge on any atom is 0.306 e. The van der Waals surface area contributed by atoms with Gasteiger partial charge >= 0.3 is 5.97 Å². The molecular weight excluding hydrogens is 264 g/mol. The number of benzene rings is 1. The van der Waals surface area contributed by atoms with Crippen LogP contribution in [0.25, 0.3) is 10.9 Å². The SMILES string of the molecule is Cc1cc(NC2CCC(C(=O)O)CC2)nc2ccccc12. The van der Waals surface area contributed by atoms with Crippen LogP contribution >= 0.6 is 0 Å². The number of rotatable bonds is 3. The van der Waals surface area contributed by atoms with Gasteiger partial charge in [-0.25, -0.2) is 4.98 Å². The zero-order valence-corrected chi connectivity index (χ0v) is 12.2. The highest BCUT2D eigenvalue weighted by Crippen LogP contribution is 2.27. The molecule has 1 fully saturated rings. The molecule has 3 rings (SSSR count). The van der Waals surface area contributed by atoms with Crippen molar-refractivity contribution < 1.29 is 9.90 Å². The summed E-state index contributed by atoms with van der Waals surface area (Å²) in [5.41, 5.74) is 2.21. The molecule has 1 aromatic heterocycles. The number of nitrogens with zero attached hydrogens (tertiary/aromatic N) is 1. The molecule has 0 radical (unpaired) electrons. The highest BCUT2D eigenvalue weighted by Gasteiger charge is 2.25. The Hall–Kier alpha value is -2.10. The van der Waals surface area contributed by atoms with Crippen LogP contribution in [0.3, 0.4) is 0 Å². The summed E-state index contributed by atoms with van der Waals surface area (Å²) in [7, 11) is 0. The maximum atomic E-state index is 11.0. The van der Waals surface area contributed by atoms with E-state index in [2.05, 4.69) is 29.4 Å². The van der Waals surface area contributed by atoms with Gasteiger partial charge in [0.15, 0.2) is 0 Å². The molecule has 1 aliphatic rings. The molecule has 0 unspecified atom stereocenters. The van der Waals surface area contributed by atoms with Crippen molar-refractivity contribution in [2.75, 3.05) is 5.32 Å². The van der Waals surface area contributed by atoms with E-state index >= 15 is 0 Å². The predicted molar refractivity (Wildman–Crippen MR) is 83.5 cm³/mol. The van der Waals surface area contributed by atoms with Crippen LogP contribution in [-0.2, 0) is 4.79 Å². The van der Waals surface area contributed by atoms with Gasteiger partial charge in [-0.3, -0.25) is 4.79 Å². The fourth-order valence-electron chi connectivity index (χ4n) is 3.12. The van der Waals surface area contributed by atoms with Crippen molar-refractivity contribution in [3.05, 3.63) is 35.9 Å². The molecule has 1 aliphatic carbocycles. The molecule has 0 amide bonds. The van der Waals surface area contributed by atoms with Gasteiger partial charge in [0.05, 0.1) is 11.4 Å². The number of aryl methyl sites for hydroxylation is 1. The second-order valence-corrected chi connectivity index (χ2v) is 5.87. The van der Waals surface area contributed by atoms with E-state index in [0.29, 0.717) is 6.04 Å². The van der Waals surface area contributed by atoms with Crippen LogP contribution in [0.4, 0.5) is 5.82 Å². The lowest BCUT2D eigenvalue weighted by Gasteiger charge is -2.27. The smallest absolute Gasteiger partial charge is 0.306 e. The van der Waals surface area contributed by atoms with E-state index in [1.165, 1.54) is 10.9 Å².